The third-order valence-electron chi connectivity index (χ3n) is 2.95. The number of halogens is 2. The van der Waals surface area contributed by atoms with Gasteiger partial charge >= 0.3 is 5.97 Å². The number of ether oxygens (including phenoxy) is 1. The van der Waals surface area contributed by atoms with Gasteiger partial charge in [-0.2, -0.15) is 0 Å². The minimum atomic E-state index is -1.14. The van der Waals surface area contributed by atoms with Gasteiger partial charge in [-0.1, -0.05) is 23.2 Å². The Labute approximate surface area is 119 Å². The molecule has 1 aromatic rings. The summed E-state index contributed by atoms with van der Waals surface area (Å²) in [5, 5.41) is 9.93. The largest absolute Gasteiger partial charge is 0.479 e. The number of amides is 1. The van der Waals surface area contributed by atoms with Gasteiger partial charge in [-0.15, -0.1) is 0 Å². The summed E-state index contributed by atoms with van der Waals surface area (Å²) in [4.78, 5) is 24.2. The number of hydrogen-bond donors (Lipinski definition) is 1. The van der Waals surface area contributed by atoms with Gasteiger partial charge in [0.1, 0.15) is 6.61 Å². The van der Waals surface area contributed by atoms with Crippen LogP contribution in [0.1, 0.15) is 11.6 Å². The molecule has 0 bridgehead atoms. The van der Waals surface area contributed by atoms with Crippen molar-refractivity contribution in [1.29, 1.82) is 0 Å². The summed E-state index contributed by atoms with van der Waals surface area (Å²) in [6, 6.07) is 3.93. The van der Waals surface area contributed by atoms with Gasteiger partial charge in [-0.05, 0) is 23.8 Å². The summed E-state index contributed by atoms with van der Waals surface area (Å²) >= 11 is 11.8. The summed E-state index contributed by atoms with van der Waals surface area (Å²) in [7, 11) is 1.53. The Morgan fingerprint density at radius 2 is 1.95 bits per heavy atom. The van der Waals surface area contributed by atoms with Crippen molar-refractivity contribution in [2.45, 2.75) is 12.1 Å². The molecule has 0 saturated carbocycles. The van der Waals surface area contributed by atoms with E-state index in [1.165, 1.54) is 18.0 Å². The van der Waals surface area contributed by atoms with E-state index in [1.54, 1.807) is 12.1 Å². The zero-order valence-electron chi connectivity index (χ0n) is 9.97. The number of aliphatic carboxylic acids is 1. The fourth-order valence-electron chi connectivity index (χ4n) is 2.06. The number of morpholine rings is 1. The molecule has 2 atom stereocenters. The van der Waals surface area contributed by atoms with E-state index in [-0.39, 0.29) is 12.5 Å². The van der Waals surface area contributed by atoms with Gasteiger partial charge in [-0.25, -0.2) is 4.79 Å². The number of likely N-dealkylation sites (N-methyl/N-ethyl adjacent to an activating group) is 1. The third kappa shape index (κ3) is 2.83. The fraction of sp³-hybridized carbons (Fsp3) is 0.333. The molecule has 1 N–H and O–H groups in total. The molecule has 7 heteroatoms. The van der Waals surface area contributed by atoms with Crippen molar-refractivity contribution in [3.63, 3.8) is 0 Å². The van der Waals surface area contributed by atoms with E-state index in [1.807, 2.05) is 0 Å². The fourth-order valence-corrected chi connectivity index (χ4v) is 2.61. The number of rotatable bonds is 2. The first-order valence-corrected chi connectivity index (χ1v) is 6.22. The van der Waals surface area contributed by atoms with Crippen molar-refractivity contribution < 1.29 is 19.4 Å². The van der Waals surface area contributed by atoms with E-state index in [9.17, 15) is 14.7 Å². The molecule has 2 unspecified atom stereocenters. The van der Waals surface area contributed by atoms with Crippen LogP contribution in [0.25, 0.3) is 0 Å². The Bertz CT molecular complexity index is 514. The number of carboxylic acid groups (broad SMARTS) is 1. The summed E-state index contributed by atoms with van der Waals surface area (Å²) in [5.74, 6) is -1.43. The van der Waals surface area contributed by atoms with Crippen molar-refractivity contribution in [2.75, 3.05) is 13.7 Å². The lowest BCUT2D eigenvalue weighted by Gasteiger charge is -2.37. The Morgan fingerprint density at radius 3 is 2.47 bits per heavy atom. The first-order chi connectivity index (χ1) is 8.90. The van der Waals surface area contributed by atoms with Crippen LogP contribution < -0.4 is 0 Å². The first kappa shape index (κ1) is 14.1. The summed E-state index contributed by atoms with van der Waals surface area (Å²) in [6.45, 7) is -0.252. The second-order valence-electron chi connectivity index (χ2n) is 4.22. The Kier molecular flexibility index (Phi) is 3.99. The van der Waals surface area contributed by atoms with E-state index in [2.05, 4.69) is 0 Å². The molecule has 0 aromatic heterocycles. The summed E-state index contributed by atoms with van der Waals surface area (Å²) < 4.78 is 5.09. The van der Waals surface area contributed by atoms with Crippen molar-refractivity contribution in [3.05, 3.63) is 33.8 Å². The number of nitrogens with zero attached hydrogens (tertiary/aromatic N) is 1. The van der Waals surface area contributed by atoms with Crippen molar-refractivity contribution in [3.8, 4) is 0 Å². The van der Waals surface area contributed by atoms with E-state index >= 15 is 0 Å². The first-order valence-electron chi connectivity index (χ1n) is 5.46. The maximum absolute atomic E-state index is 11.7. The van der Waals surface area contributed by atoms with E-state index in [4.69, 9.17) is 27.9 Å². The predicted molar refractivity (Wildman–Crippen MR) is 69.3 cm³/mol. The maximum Gasteiger partial charge on any atom is 0.335 e. The zero-order valence-corrected chi connectivity index (χ0v) is 11.5. The number of carbonyl (C=O) groups excluding carboxylic acids is 1. The summed E-state index contributed by atoms with van der Waals surface area (Å²) in [6.07, 6.45) is -1.14. The minimum Gasteiger partial charge on any atom is -0.479 e. The molecule has 1 saturated heterocycles. The summed E-state index contributed by atoms with van der Waals surface area (Å²) in [5.41, 5.74) is 0.528. The van der Waals surface area contributed by atoms with Crippen LogP contribution in [-0.4, -0.2) is 41.6 Å². The lowest BCUT2D eigenvalue weighted by atomic mass is 9.98. The lowest BCUT2D eigenvalue weighted by Crippen LogP contribution is -2.50. The number of hydrogen-bond acceptors (Lipinski definition) is 3. The highest BCUT2D eigenvalue weighted by Crippen LogP contribution is 2.32. The van der Waals surface area contributed by atoms with Crippen molar-refractivity contribution in [1.82, 2.24) is 4.90 Å². The van der Waals surface area contributed by atoms with Crippen LogP contribution >= 0.6 is 23.2 Å². The highest BCUT2D eigenvalue weighted by atomic mass is 35.5. The molecule has 1 aromatic carbocycles. The van der Waals surface area contributed by atoms with E-state index < -0.39 is 18.1 Å². The predicted octanol–water partition coefficient (Wildman–Crippen LogP) is 1.98. The smallest absolute Gasteiger partial charge is 0.335 e. The molecule has 1 heterocycles. The third-order valence-corrected chi connectivity index (χ3v) is 3.39. The molecule has 5 nitrogen and oxygen atoms in total. The van der Waals surface area contributed by atoms with Crippen LogP contribution in [0.3, 0.4) is 0 Å². The van der Waals surface area contributed by atoms with Crippen molar-refractivity contribution in [2.24, 2.45) is 0 Å². The van der Waals surface area contributed by atoms with E-state index in [0.717, 1.165) is 0 Å². The van der Waals surface area contributed by atoms with Crippen LogP contribution in [0.2, 0.25) is 10.0 Å². The van der Waals surface area contributed by atoms with Gasteiger partial charge in [-0.3, -0.25) is 4.79 Å². The number of carbonyl (C=O) groups is 2. The van der Waals surface area contributed by atoms with Gasteiger partial charge in [0.2, 0.25) is 5.91 Å². The molecule has 0 aliphatic carbocycles. The second kappa shape index (κ2) is 5.36. The quantitative estimate of drug-likeness (QED) is 0.907. The molecule has 1 fully saturated rings. The van der Waals surface area contributed by atoms with Gasteiger partial charge in [0.05, 0.1) is 6.04 Å². The van der Waals surface area contributed by atoms with Crippen molar-refractivity contribution >= 4 is 35.1 Å². The Balaban J connectivity index is 2.46. The molecule has 102 valence electrons. The lowest BCUT2D eigenvalue weighted by molar-refractivity contribution is -0.171. The van der Waals surface area contributed by atoms with Crippen LogP contribution in [0.15, 0.2) is 18.2 Å². The monoisotopic (exact) mass is 303 g/mol. The Hall–Kier alpha value is -1.30. The average molecular weight is 304 g/mol. The average Bonchev–Trinajstić information content (AvgIpc) is 2.30. The van der Waals surface area contributed by atoms with Gasteiger partial charge in [0, 0.05) is 17.1 Å². The second-order valence-corrected chi connectivity index (χ2v) is 5.09. The molecule has 0 radical (unpaired) electrons. The highest BCUT2D eigenvalue weighted by molar-refractivity contribution is 6.34. The Morgan fingerprint density at radius 1 is 1.37 bits per heavy atom. The molecule has 1 amide bonds. The normalized spacial score (nSPS) is 23.5. The topological polar surface area (TPSA) is 66.8 Å². The molecule has 2 rings (SSSR count). The van der Waals surface area contributed by atoms with Crippen LogP contribution in [0, 0.1) is 0 Å². The number of benzene rings is 1. The molecular formula is C12H11Cl2NO4. The molecular weight excluding hydrogens is 293 g/mol. The molecule has 1 aliphatic rings. The van der Waals surface area contributed by atoms with Gasteiger partial charge < -0.3 is 14.7 Å². The molecule has 19 heavy (non-hydrogen) atoms. The molecule has 1 aliphatic heterocycles. The minimum absolute atomic E-state index is 0.252. The van der Waals surface area contributed by atoms with Crippen LogP contribution in [0.5, 0.6) is 0 Å². The highest BCUT2D eigenvalue weighted by Gasteiger charge is 2.40. The standard InChI is InChI=1S/C12H11Cl2NO4/c1-15-9(16)5-19-11(12(17)18)10(15)6-2-7(13)4-8(14)3-6/h2-4,10-11H,5H2,1H3,(H,17,18). The van der Waals surface area contributed by atoms with Crippen LogP contribution in [-0.2, 0) is 14.3 Å². The SMILES string of the molecule is CN1C(=O)COC(C(=O)O)C1c1cc(Cl)cc(Cl)c1. The maximum atomic E-state index is 11.7. The van der Waals surface area contributed by atoms with E-state index in [0.29, 0.717) is 15.6 Å². The molecule has 0 spiro atoms. The van der Waals surface area contributed by atoms with Gasteiger partial charge in [0.25, 0.3) is 0 Å². The van der Waals surface area contributed by atoms with Crippen LogP contribution in [0.4, 0.5) is 0 Å². The number of carboxylic acids is 1. The van der Waals surface area contributed by atoms with Gasteiger partial charge in [0.15, 0.2) is 6.10 Å². The zero-order chi connectivity index (χ0) is 14.2.